The van der Waals surface area contributed by atoms with E-state index in [0.29, 0.717) is 14.2 Å². The summed E-state index contributed by atoms with van der Waals surface area (Å²) in [6.07, 6.45) is 4.51. The number of ketones is 1. The number of carbonyl (C=O) groups excluding carboxylic acids is 1. The summed E-state index contributed by atoms with van der Waals surface area (Å²) in [5, 5.41) is 0.156. The van der Waals surface area contributed by atoms with Gasteiger partial charge in [-0.1, -0.05) is 36.7 Å². The lowest BCUT2D eigenvalue weighted by Gasteiger charge is -2.42. The fraction of sp³-hybridized carbons (Fsp3) is 0.667. The van der Waals surface area contributed by atoms with Crippen molar-refractivity contribution in [3.63, 3.8) is 0 Å². The summed E-state index contributed by atoms with van der Waals surface area (Å²) in [5.74, 6) is -0.00794. The molecule has 0 saturated heterocycles. The third-order valence-electron chi connectivity index (χ3n) is 4.00. The Balaban J connectivity index is 1.91. The summed E-state index contributed by atoms with van der Waals surface area (Å²) in [4.78, 5) is 12.2. The molecule has 3 rings (SSSR count). The highest BCUT2D eigenvalue weighted by Crippen LogP contribution is 2.54. The topological polar surface area (TPSA) is 35.5 Å². The van der Waals surface area contributed by atoms with E-state index in [1.165, 1.54) is 0 Å². The molecular weight excluding hydrogens is 416 g/mol. The van der Waals surface area contributed by atoms with Crippen molar-refractivity contribution in [1.29, 1.82) is 0 Å². The zero-order chi connectivity index (χ0) is 15.4. The van der Waals surface area contributed by atoms with E-state index in [9.17, 15) is 4.79 Å². The van der Waals surface area contributed by atoms with Crippen LogP contribution in [0.25, 0.3) is 0 Å². The monoisotopic (exact) mass is 432 g/mol. The molecule has 2 heterocycles. The first-order valence-corrected chi connectivity index (χ1v) is 9.67. The summed E-state index contributed by atoms with van der Waals surface area (Å²) >= 11 is 7.01. The Kier molecular flexibility index (Phi) is 4.15. The van der Waals surface area contributed by atoms with Crippen LogP contribution >= 0.6 is 31.9 Å². The third kappa shape index (κ3) is 2.67. The Morgan fingerprint density at radius 1 is 1.43 bits per heavy atom. The van der Waals surface area contributed by atoms with Crippen molar-refractivity contribution in [1.82, 2.24) is 0 Å². The minimum Gasteiger partial charge on any atom is -0.410 e. The molecule has 3 nitrogen and oxygen atoms in total. The zero-order valence-corrected chi connectivity index (χ0v) is 16.5. The van der Waals surface area contributed by atoms with Crippen LogP contribution < -0.4 is 0 Å². The maximum Gasteiger partial charge on any atom is 0.236 e. The maximum absolute atomic E-state index is 12.2. The summed E-state index contributed by atoms with van der Waals surface area (Å²) in [6, 6.07) is 0. The molecule has 2 aliphatic heterocycles. The van der Waals surface area contributed by atoms with E-state index in [1.54, 1.807) is 0 Å². The number of carbonyl (C=O) groups is 1. The molecule has 114 valence electrons. The maximum atomic E-state index is 12.2. The molecule has 1 fully saturated rings. The van der Waals surface area contributed by atoms with E-state index in [-0.39, 0.29) is 16.9 Å². The Morgan fingerprint density at radius 3 is 2.81 bits per heavy atom. The van der Waals surface area contributed by atoms with Gasteiger partial charge < -0.3 is 9.16 Å². The van der Waals surface area contributed by atoms with Gasteiger partial charge in [0.15, 0.2) is 0 Å². The van der Waals surface area contributed by atoms with Crippen molar-refractivity contribution in [2.75, 3.05) is 0 Å². The lowest BCUT2D eigenvalue weighted by molar-refractivity contribution is -0.130. The molecular formula is C15H18Br2O3Si. The van der Waals surface area contributed by atoms with Crippen LogP contribution in [0.5, 0.6) is 0 Å². The first-order chi connectivity index (χ1) is 9.74. The smallest absolute Gasteiger partial charge is 0.236 e. The summed E-state index contributed by atoms with van der Waals surface area (Å²) in [6.45, 7) is 6.54. The number of rotatable bonds is 2. The van der Waals surface area contributed by atoms with Gasteiger partial charge in [-0.15, -0.1) is 0 Å². The van der Waals surface area contributed by atoms with E-state index in [4.69, 9.17) is 9.16 Å². The van der Waals surface area contributed by atoms with Gasteiger partial charge in [0.2, 0.25) is 15.5 Å². The quantitative estimate of drug-likeness (QED) is 0.486. The molecule has 3 atom stereocenters. The minimum absolute atomic E-state index is 0.00794. The SMILES string of the molecule is CC(C)(C)[Si]OC1CCCC23OC(C=C12)C(=O)C(Br)=C3Br. The van der Waals surface area contributed by atoms with E-state index < -0.39 is 11.7 Å². The number of Topliss-reactive ketones (excluding diaryl/α,β-unsaturated/α-hetero) is 1. The van der Waals surface area contributed by atoms with Crippen molar-refractivity contribution in [2.24, 2.45) is 0 Å². The first kappa shape index (κ1) is 16.1. The summed E-state index contributed by atoms with van der Waals surface area (Å²) < 4.78 is 13.7. The van der Waals surface area contributed by atoms with E-state index in [1.807, 2.05) is 6.08 Å². The van der Waals surface area contributed by atoms with Gasteiger partial charge in [-0.25, -0.2) is 0 Å². The molecule has 2 radical (unpaired) electrons. The molecule has 2 bridgehead atoms. The molecule has 1 saturated carbocycles. The fourth-order valence-electron chi connectivity index (χ4n) is 3.08. The van der Waals surface area contributed by atoms with Crippen molar-refractivity contribution in [3.8, 4) is 0 Å². The molecule has 3 aliphatic rings. The van der Waals surface area contributed by atoms with Crippen LogP contribution in [0.2, 0.25) is 5.04 Å². The lowest BCUT2D eigenvalue weighted by Crippen LogP contribution is -2.46. The third-order valence-corrected chi connectivity index (χ3v) is 7.37. The molecule has 0 N–H and O–H groups in total. The number of ether oxygens (including phenoxy) is 1. The predicted octanol–water partition coefficient (Wildman–Crippen LogP) is 4.04. The predicted molar refractivity (Wildman–Crippen MR) is 89.8 cm³/mol. The molecule has 0 aromatic carbocycles. The molecule has 1 spiro atoms. The zero-order valence-electron chi connectivity index (χ0n) is 12.3. The standard InChI is InChI=1S/C15H18Br2O3Si/c1-14(2,3)21-20-9-5-4-6-15-8(9)7-10(19-15)12(18)11(16)13(15)17/h7,9-10H,4-6H2,1-3H3. The molecule has 0 aromatic heterocycles. The molecule has 0 amide bonds. The van der Waals surface area contributed by atoms with E-state index in [0.717, 1.165) is 29.3 Å². The van der Waals surface area contributed by atoms with Gasteiger partial charge in [0.1, 0.15) is 11.7 Å². The average Bonchev–Trinajstić information content (AvgIpc) is 2.79. The van der Waals surface area contributed by atoms with Gasteiger partial charge in [-0.3, -0.25) is 4.79 Å². The van der Waals surface area contributed by atoms with Crippen molar-refractivity contribution < 1.29 is 14.0 Å². The fourth-order valence-corrected chi connectivity index (χ4v) is 5.08. The van der Waals surface area contributed by atoms with Crippen LogP contribution in [-0.4, -0.2) is 33.4 Å². The van der Waals surface area contributed by atoms with Gasteiger partial charge in [0, 0.05) is 4.48 Å². The van der Waals surface area contributed by atoms with Crippen LogP contribution in [0.3, 0.4) is 0 Å². The molecule has 0 aromatic rings. The van der Waals surface area contributed by atoms with E-state index in [2.05, 4.69) is 52.6 Å². The number of fused-ring (bicyclic) bond motifs is 1. The Labute approximate surface area is 144 Å². The second kappa shape index (κ2) is 5.41. The van der Waals surface area contributed by atoms with Crippen LogP contribution in [-0.2, 0) is 14.0 Å². The normalized spacial score (nSPS) is 35.9. The van der Waals surface area contributed by atoms with Crippen LogP contribution in [0.15, 0.2) is 20.6 Å². The highest BCUT2D eigenvalue weighted by Gasteiger charge is 2.55. The lowest BCUT2D eigenvalue weighted by atomic mass is 9.79. The highest BCUT2D eigenvalue weighted by molar-refractivity contribution is 9.14. The highest BCUT2D eigenvalue weighted by atomic mass is 79.9. The summed E-state index contributed by atoms with van der Waals surface area (Å²) in [7, 11) is 0.435. The van der Waals surface area contributed by atoms with Crippen molar-refractivity contribution in [2.45, 2.75) is 62.9 Å². The number of hydrogen-bond donors (Lipinski definition) is 0. The Bertz CT molecular complexity index is 550. The minimum atomic E-state index is -0.483. The van der Waals surface area contributed by atoms with Gasteiger partial charge in [-0.2, -0.15) is 0 Å². The summed E-state index contributed by atoms with van der Waals surface area (Å²) in [5.41, 5.74) is 0.646. The van der Waals surface area contributed by atoms with Gasteiger partial charge in [0.05, 0.1) is 10.6 Å². The van der Waals surface area contributed by atoms with Crippen molar-refractivity contribution >= 4 is 47.4 Å². The van der Waals surface area contributed by atoms with E-state index >= 15 is 0 Å². The van der Waals surface area contributed by atoms with Gasteiger partial charge >= 0.3 is 0 Å². The average molecular weight is 434 g/mol. The second-order valence-corrected chi connectivity index (χ2v) is 10.4. The van der Waals surface area contributed by atoms with Crippen LogP contribution in [0.1, 0.15) is 40.0 Å². The van der Waals surface area contributed by atoms with Crippen LogP contribution in [0.4, 0.5) is 0 Å². The first-order valence-electron chi connectivity index (χ1n) is 7.17. The van der Waals surface area contributed by atoms with Crippen LogP contribution in [0, 0.1) is 0 Å². The van der Waals surface area contributed by atoms with Crippen molar-refractivity contribution in [3.05, 3.63) is 20.6 Å². The Hall–Kier alpha value is 0.247. The molecule has 21 heavy (non-hydrogen) atoms. The van der Waals surface area contributed by atoms with Gasteiger partial charge in [0.25, 0.3) is 0 Å². The molecule has 6 heteroatoms. The molecule has 3 unspecified atom stereocenters. The second-order valence-electron chi connectivity index (χ2n) is 6.83. The number of hydrogen-bond acceptors (Lipinski definition) is 3. The van der Waals surface area contributed by atoms with Gasteiger partial charge in [-0.05, 0) is 51.9 Å². The Morgan fingerprint density at radius 2 is 2.14 bits per heavy atom. The number of halogens is 2. The molecule has 1 aliphatic carbocycles. The largest absolute Gasteiger partial charge is 0.410 e.